The number of hydrogen-bond acceptors (Lipinski definition) is 5. The van der Waals surface area contributed by atoms with E-state index < -0.39 is 5.56 Å². The van der Waals surface area contributed by atoms with E-state index in [2.05, 4.69) is 15.5 Å². The lowest BCUT2D eigenvalue weighted by Gasteiger charge is -2.08. The number of rotatable bonds is 5. The highest BCUT2D eigenvalue weighted by molar-refractivity contribution is 6.30. The zero-order chi connectivity index (χ0) is 21.1. The fourth-order valence-corrected chi connectivity index (χ4v) is 2.89. The van der Waals surface area contributed by atoms with E-state index in [1.807, 2.05) is 0 Å². The molecule has 0 saturated carbocycles. The van der Waals surface area contributed by atoms with E-state index in [0.717, 1.165) is 0 Å². The number of halogens is 2. The smallest absolute Gasteiger partial charge is 0.263 e. The lowest BCUT2D eigenvalue weighted by atomic mass is 10.2. The Bertz CT molecular complexity index is 1250. The summed E-state index contributed by atoms with van der Waals surface area (Å²) in [5.41, 5.74) is 0.801. The van der Waals surface area contributed by atoms with Crippen molar-refractivity contribution in [2.24, 2.45) is 0 Å². The monoisotopic (exact) mass is 424 g/mol. The Morgan fingerprint density at radius 3 is 2.57 bits per heavy atom. The second-order valence-corrected chi connectivity index (χ2v) is 6.78. The topological polar surface area (TPSA) is 90.0 Å². The van der Waals surface area contributed by atoms with Gasteiger partial charge in [-0.25, -0.2) is 4.39 Å². The number of nitrogens with zero attached hydrogens (tertiary/aromatic N) is 3. The summed E-state index contributed by atoms with van der Waals surface area (Å²) in [5.74, 6) is -0.536. The van der Waals surface area contributed by atoms with Gasteiger partial charge in [-0.3, -0.25) is 9.59 Å². The largest absolute Gasteiger partial charge is 0.333 e. The molecule has 2 aromatic heterocycles. The first kappa shape index (κ1) is 19.5. The third-order valence-electron chi connectivity index (χ3n) is 4.22. The molecule has 0 saturated heterocycles. The Balaban J connectivity index is 1.54. The van der Waals surface area contributed by atoms with E-state index in [1.54, 1.807) is 30.3 Å². The van der Waals surface area contributed by atoms with Gasteiger partial charge < -0.3 is 14.4 Å². The van der Waals surface area contributed by atoms with Crippen LogP contribution in [-0.4, -0.2) is 20.6 Å². The van der Waals surface area contributed by atoms with Gasteiger partial charge in [-0.15, -0.1) is 0 Å². The summed E-state index contributed by atoms with van der Waals surface area (Å²) in [6.07, 6.45) is 1.49. The summed E-state index contributed by atoms with van der Waals surface area (Å²) >= 11 is 5.83. The van der Waals surface area contributed by atoms with E-state index in [1.165, 1.54) is 41.1 Å². The molecule has 0 spiro atoms. The number of aromatic nitrogens is 3. The average Bonchev–Trinajstić information content (AvgIpc) is 3.22. The van der Waals surface area contributed by atoms with Crippen LogP contribution in [0.1, 0.15) is 0 Å². The van der Waals surface area contributed by atoms with E-state index in [0.29, 0.717) is 16.3 Å². The third-order valence-corrected chi connectivity index (χ3v) is 4.47. The normalized spacial score (nSPS) is 10.7. The molecule has 0 unspecified atom stereocenters. The summed E-state index contributed by atoms with van der Waals surface area (Å²) in [6.45, 7) is -0.200. The van der Waals surface area contributed by atoms with Crippen molar-refractivity contribution in [2.45, 2.75) is 6.54 Å². The van der Waals surface area contributed by atoms with Crippen molar-refractivity contribution in [3.05, 3.63) is 88.1 Å². The van der Waals surface area contributed by atoms with Crippen molar-refractivity contribution in [3.8, 4) is 22.8 Å². The van der Waals surface area contributed by atoms with Crippen molar-refractivity contribution >= 4 is 23.2 Å². The number of amides is 1. The molecule has 9 heteroatoms. The second kappa shape index (κ2) is 8.30. The SMILES string of the molecule is O=C(Cn1cccc(-c2nc(-c3ccc(F)cc3)no2)c1=O)Nc1ccc(Cl)cc1. The predicted molar refractivity (Wildman–Crippen MR) is 109 cm³/mol. The van der Waals surface area contributed by atoms with E-state index in [-0.39, 0.29) is 35.5 Å². The Hall–Kier alpha value is -3.78. The molecule has 0 fully saturated rings. The molecule has 4 aromatic rings. The first-order chi connectivity index (χ1) is 14.5. The maximum absolute atomic E-state index is 13.1. The van der Waals surface area contributed by atoms with Gasteiger partial charge in [-0.2, -0.15) is 4.98 Å². The first-order valence-corrected chi connectivity index (χ1v) is 9.22. The lowest BCUT2D eigenvalue weighted by Crippen LogP contribution is -2.28. The van der Waals surface area contributed by atoms with Gasteiger partial charge in [0, 0.05) is 22.5 Å². The van der Waals surface area contributed by atoms with Crippen LogP contribution in [0, 0.1) is 5.82 Å². The number of carbonyl (C=O) groups excluding carboxylic acids is 1. The second-order valence-electron chi connectivity index (χ2n) is 6.34. The van der Waals surface area contributed by atoms with Crippen molar-refractivity contribution in [3.63, 3.8) is 0 Å². The molecule has 0 aliphatic carbocycles. The Labute approximate surface area is 174 Å². The molecule has 2 heterocycles. The maximum Gasteiger partial charge on any atom is 0.263 e. The van der Waals surface area contributed by atoms with Gasteiger partial charge in [-0.05, 0) is 60.7 Å². The van der Waals surface area contributed by atoms with Crippen LogP contribution in [0.25, 0.3) is 22.8 Å². The van der Waals surface area contributed by atoms with Crippen LogP contribution >= 0.6 is 11.6 Å². The molecule has 2 aromatic carbocycles. The molecule has 0 atom stereocenters. The lowest BCUT2D eigenvalue weighted by molar-refractivity contribution is -0.116. The van der Waals surface area contributed by atoms with Crippen molar-refractivity contribution in [1.82, 2.24) is 14.7 Å². The van der Waals surface area contributed by atoms with E-state index >= 15 is 0 Å². The minimum atomic E-state index is -0.460. The summed E-state index contributed by atoms with van der Waals surface area (Å²) in [5, 5.41) is 7.09. The Morgan fingerprint density at radius 1 is 1.10 bits per heavy atom. The van der Waals surface area contributed by atoms with Gasteiger partial charge in [-0.1, -0.05) is 16.8 Å². The zero-order valence-corrected chi connectivity index (χ0v) is 16.1. The molecule has 1 amide bonds. The molecule has 1 N–H and O–H groups in total. The fraction of sp³-hybridized carbons (Fsp3) is 0.0476. The quantitative estimate of drug-likeness (QED) is 0.523. The molecular weight excluding hydrogens is 411 g/mol. The Morgan fingerprint density at radius 2 is 1.83 bits per heavy atom. The molecule has 0 aliphatic heterocycles. The predicted octanol–water partition coefficient (Wildman–Crippen LogP) is 4.00. The zero-order valence-electron chi connectivity index (χ0n) is 15.4. The van der Waals surface area contributed by atoms with Crippen LogP contribution in [0.4, 0.5) is 10.1 Å². The minimum absolute atomic E-state index is 0.00628. The van der Waals surface area contributed by atoms with Gasteiger partial charge in [0.05, 0.1) is 0 Å². The molecule has 30 heavy (non-hydrogen) atoms. The molecular formula is C21H14ClFN4O3. The van der Waals surface area contributed by atoms with E-state index in [4.69, 9.17) is 16.1 Å². The molecule has 7 nitrogen and oxygen atoms in total. The van der Waals surface area contributed by atoms with Gasteiger partial charge >= 0.3 is 0 Å². The van der Waals surface area contributed by atoms with Gasteiger partial charge in [0.2, 0.25) is 11.7 Å². The third kappa shape index (κ3) is 4.28. The number of carbonyl (C=O) groups is 1. The Kier molecular flexibility index (Phi) is 5.40. The van der Waals surface area contributed by atoms with Crippen LogP contribution in [0.5, 0.6) is 0 Å². The summed E-state index contributed by atoms with van der Waals surface area (Å²) in [6, 6.07) is 15.3. The highest BCUT2D eigenvalue weighted by atomic mass is 35.5. The highest BCUT2D eigenvalue weighted by Gasteiger charge is 2.16. The van der Waals surface area contributed by atoms with Gasteiger partial charge in [0.1, 0.15) is 17.9 Å². The van der Waals surface area contributed by atoms with Crippen LogP contribution in [0.3, 0.4) is 0 Å². The minimum Gasteiger partial charge on any atom is -0.333 e. The van der Waals surface area contributed by atoms with Crippen LogP contribution in [0.2, 0.25) is 5.02 Å². The van der Waals surface area contributed by atoms with Gasteiger partial charge in [0.15, 0.2) is 0 Å². The van der Waals surface area contributed by atoms with Gasteiger partial charge in [0.25, 0.3) is 11.4 Å². The van der Waals surface area contributed by atoms with Crippen molar-refractivity contribution < 1.29 is 13.7 Å². The highest BCUT2D eigenvalue weighted by Crippen LogP contribution is 2.20. The molecule has 0 radical (unpaired) electrons. The standard InChI is InChI=1S/C21H14ClFN4O3/c22-14-5-9-16(10-6-14)24-18(28)12-27-11-1-2-17(21(27)29)20-25-19(26-30-20)13-3-7-15(23)8-4-13/h1-11H,12H2,(H,24,28). The average molecular weight is 425 g/mol. The number of nitrogens with one attached hydrogen (secondary N) is 1. The maximum atomic E-state index is 13.1. The summed E-state index contributed by atoms with van der Waals surface area (Å²) in [7, 11) is 0. The molecule has 0 bridgehead atoms. The van der Waals surface area contributed by atoms with E-state index in [9.17, 15) is 14.0 Å². The molecule has 150 valence electrons. The fourth-order valence-electron chi connectivity index (χ4n) is 2.76. The molecule has 4 rings (SSSR count). The number of hydrogen-bond donors (Lipinski definition) is 1. The number of pyridine rings is 1. The molecule has 0 aliphatic rings. The van der Waals surface area contributed by atoms with Crippen LogP contribution < -0.4 is 10.9 Å². The first-order valence-electron chi connectivity index (χ1n) is 8.84. The van der Waals surface area contributed by atoms with Crippen molar-refractivity contribution in [1.29, 1.82) is 0 Å². The summed E-state index contributed by atoms with van der Waals surface area (Å²) < 4.78 is 19.5. The van der Waals surface area contributed by atoms with Crippen LogP contribution in [-0.2, 0) is 11.3 Å². The number of anilines is 1. The van der Waals surface area contributed by atoms with Crippen LogP contribution in [0.15, 0.2) is 76.2 Å². The number of benzene rings is 2. The van der Waals surface area contributed by atoms with Crippen molar-refractivity contribution in [2.75, 3.05) is 5.32 Å². The summed E-state index contributed by atoms with van der Waals surface area (Å²) in [4.78, 5) is 29.3.